The van der Waals surface area contributed by atoms with E-state index in [2.05, 4.69) is 21.2 Å². The molecule has 0 heterocycles. The summed E-state index contributed by atoms with van der Waals surface area (Å²) in [4.78, 5) is 24.8. The van der Waals surface area contributed by atoms with Crippen LogP contribution in [-0.2, 0) is 15.8 Å². The maximum absolute atomic E-state index is 14.1. The fraction of sp³-hybridized carbons (Fsp3) is 0.333. The van der Waals surface area contributed by atoms with Gasteiger partial charge in [-0.15, -0.1) is 0 Å². The lowest BCUT2D eigenvalue weighted by Crippen LogP contribution is -2.44. The predicted octanol–water partition coefficient (Wildman–Crippen LogP) is 4.80. The average molecular weight is 504 g/mol. The quantitative estimate of drug-likeness (QED) is 0.523. The average Bonchev–Trinajstić information content (AvgIpc) is 2.68. The van der Waals surface area contributed by atoms with Crippen molar-refractivity contribution < 1.29 is 37.4 Å². The number of hydrogen-bond donors (Lipinski definition) is 3. The van der Waals surface area contributed by atoms with Gasteiger partial charge in [0.15, 0.2) is 0 Å². The number of hydrogen-bond acceptors (Lipinski definition) is 3. The van der Waals surface area contributed by atoms with Crippen LogP contribution in [0.15, 0.2) is 46.9 Å². The number of carboxylic acid groups (broad SMARTS) is 1. The molecule has 2 aromatic rings. The van der Waals surface area contributed by atoms with Crippen molar-refractivity contribution in [1.82, 2.24) is 0 Å². The van der Waals surface area contributed by atoms with Crippen LogP contribution in [0.5, 0.6) is 0 Å². The van der Waals surface area contributed by atoms with Crippen LogP contribution in [0.25, 0.3) is 0 Å². The van der Waals surface area contributed by atoms with Gasteiger partial charge >= 0.3 is 12.1 Å². The maximum Gasteiger partial charge on any atom is 0.416 e. The Bertz CT molecular complexity index is 980. The van der Waals surface area contributed by atoms with E-state index in [4.69, 9.17) is 0 Å². The molecule has 0 radical (unpaired) electrons. The van der Waals surface area contributed by atoms with Crippen molar-refractivity contribution in [3.8, 4) is 0 Å². The number of aliphatic hydroxyl groups is 1. The second-order valence-electron chi connectivity index (χ2n) is 7.44. The fourth-order valence-electron chi connectivity index (χ4n) is 3.94. The molecule has 1 amide bonds. The second-order valence-corrected chi connectivity index (χ2v) is 8.35. The Morgan fingerprint density at radius 2 is 1.71 bits per heavy atom. The van der Waals surface area contributed by atoms with Gasteiger partial charge in [0.25, 0.3) is 0 Å². The topological polar surface area (TPSA) is 86.6 Å². The summed E-state index contributed by atoms with van der Waals surface area (Å²) < 4.78 is 53.1. The molecule has 31 heavy (non-hydrogen) atoms. The number of carbonyl (C=O) groups is 2. The van der Waals surface area contributed by atoms with Crippen molar-refractivity contribution in [3.63, 3.8) is 0 Å². The Labute approximate surface area is 183 Å². The molecule has 0 aromatic heterocycles. The van der Waals surface area contributed by atoms with Gasteiger partial charge in [0.1, 0.15) is 5.82 Å². The van der Waals surface area contributed by atoms with Gasteiger partial charge in [0.05, 0.1) is 29.2 Å². The minimum Gasteiger partial charge on any atom is -0.481 e. The Morgan fingerprint density at radius 3 is 2.26 bits per heavy atom. The highest BCUT2D eigenvalue weighted by atomic mass is 79.9. The number of nitrogens with one attached hydrogen (secondary N) is 1. The van der Waals surface area contributed by atoms with Crippen molar-refractivity contribution in [1.29, 1.82) is 0 Å². The smallest absolute Gasteiger partial charge is 0.416 e. The van der Waals surface area contributed by atoms with Crippen LogP contribution in [0.1, 0.15) is 29.9 Å². The number of anilines is 1. The lowest BCUT2D eigenvalue weighted by atomic mass is 9.68. The van der Waals surface area contributed by atoms with Gasteiger partial charge < -0.3 is 15.5 Å². The Morgan fingerprint density at radius 1 is 1.06 bits per heavy atom. The van der Waals surface area contributed by atoms with Gasteiger partial charge in [0.2, 0.25) is 5.91 Å². The van der Waals surface area contributed by atoms with Crippen molar-refractivity contribution in [2.45, 2.75) is 31.0 Å². The van der Waals surface area contributed by atoms with Gasteiger partial charge in [-0.3, -0.25) is 9.59 Å². The van der Waals surface area contributed by atoms with Gasteiger partial charge in [0, 0.05) is 10.4 Å². The zero-order valence-electron chi connectivity index (χ0n) is 15.9. The molecule has 0 saturated heterocycles. The Balaban J connectivity index is 1.88. The highest BCUT2D eigenvalue weighted by Gasteiger charge is 2.46. The second kappa shape index (κ2) is 8.96. The molecule has 10 heteroatoms. The summed E-state index contributed by atoms with van der Waals surface area (Å²) in [5.74, 6) is -6.53. The molecule has 1 fully saturated rings. The van der Waals surface area contributed by atoms with Crippen LogP contribution in [0.2, 0.25) is 0 Å². The molecule has 0 spiro atoms. The molecule has 2 aromatic carbocycles. The monoisotopic (exact) mass is 503 g/mol. The van der Waals surface area contributed by atoms with Gasteiger partial charge in [-0.05, 0) is 48.7 Å². The molecule has 1 aliphatic carbocycles. The van der Waals surface area contributed by atoms with E-state index < -0.39 is 59.0 Å². The number of halogens is 5. The SMILES string of the molecule is O=C(O)[C@H]1[C@@H](C(=O)Nc2ccc(C(F)(F)F)cc2F)C[C@@H](O)C[C@H]1c1ccc(Br)cc1. The van der Waals surface area contributed by atoms with Crippen LogP contribution < -0.4 is 5.32 Å². The molecule has 3 rings (SSSR count). The molecule has 0 unspecified atom stereocenters. The zero-order valence-corrected chi connectivity index (χ0v) is 17.5. The van der Waals surface area contributed by atoms with Crippen LogP contribution >= 0.6 is 15.9 Å². The molecule has 1 aliphatic rings. The van der Waals surface area contributed by atoms with E-state index in [0.29, 0.717) is 11.6 Å². The third-order valence-electron chi connectivity index (χ3n) is 5.39. The molecular formula is C21H18BrF4NO4. The summed E-state index contributed by atoms with van der Waals surface area (Å²) in [6.45, 7) is 0. The number of benzene rings is 2. The van der Waals surface area contributed by atoms with E-state index in [1.54, 1.807) is 24.3 Å². The molecule has 0 aliphatic heterocycles. The Kier molecular flexibility index (Phi) is 6.70. The summed E-state index contributed by atoms with van der Waals surface area (Å²) in [5.41, 5.74) is -1.09. The largest absolute Gasteiger partial charge is 0.481 e. The first-order chi connectivity index (χ1) is 14.5. The van der Waals surface area contributed by atoms with Crippen LogP contribution in [0.4, 0.5) is 23.2 Å². The van der Waals surface area contributed by atoms with E-state index in [1.165, 1.54) is 0 Å². The molecule has 0 bridgehead atoms. The number of rotatable bonds is 4. The first kappa shape index (κ1) is 23.2. The maximum atomic E-state index is 14.1. The van der Waals surface area contributed by atoms with Crippen molar-refractivity contribution >= 4 is 33.5 Å². The summed E-state index contributed by atoms with van der Waals surface area (Å²) in [6.07, 6.45) is -5.77. The fourth-order valence-corrected chi connectivity index (χ4v) is 4.21. The highest BCUT2D eigenvalue weighted by molar-refractivity contribution is 9.10. The van der Waals surface area contributed by atoms with Gasteiger partial charge in [-0.25, -0.2) is 4.39 Å². The van der Waals surface area contributed by atoms with Crippen LogP contribution in [-0.4, -0.2) is 28.2 Å². The van der Waals surface area contributed by atoms with E-state index >= 15 is 0 Å². The number of aliphatic carboxylic acids is 1. The highest BCUT2D eigenvalue weighted by Crippen LogP contribution is 2.42. The van der Waals surface area contributed by atoms with E-state index in [1.807, 2.05) is 0 Å². The molecule has 1 saturated carbocycles. The van der Waals surface area contributed by atoms with Crippen molar-refractivity contribution in [3.05, 3.63) is 63.9 Å². The summed E-state index contributed by atoms with van der Waals surface area (Å²) in [6, 6.07) is 8.44. The molecule has 5 nitrogen and oxygen atoms in total. The number of aliphatic hydroxyl groups excluding tert-OH is 1. The van der Waals surface area contributed by atoms with Crippen molar-refractivity contribution in [2.24, 2.45) is 11.8 Å². The van der Waals surface area contributed by atoms with Gasteiger partial charge in [-0.1, -0.05) is 28.1 Å². The number of amides is 1. The van der Waals surface area contributed by atoms with Gasteiger partial charge in [-0.2, -0.15) is 13.2 Å². The minimum absolute atomic E-state index is 0.122. The summed E-state index contributed by atoms with van der Waals surface area (Å²) >= 11 is 3.29. The van der Waals surface area contributed by atoms with Crippen LogP contribution in [0, 0.1) is 17.7 Å². The Hall–Kier alpha value is -2.46. The van der Waals surface area contributed by atoms with Crippen molar-refractivity contribution in [2.75, 3.05) is 5.32 Å². The normalized spacial score (nSPS) is 23.9. The number of carbonyl (C=O) groups excluding carboxylic acids is 1. The molecular weight excluding hydrogens is 486 g/mol. The first-order valence-electron chi connectivity index (χ1n) is 9.31. The summed E-state index contributed by atoms with van der Waals surface area (Å²) in [7, 11) is 0. The number of alkyl halides is 3. The molecule has 166 valence electrons. The van der Waals surface area contributed by atoms with E-state index in [0.717, 1.165) is 10.5 Å². The lowest BCUT2D eigenvalue weighted by molar-refractivity contribution is -0.150. The third-order valence-corrected chi connectivity index (χ3v) is 5.92. The lowest BCUT2D eigenvalue weighted by Gasteiger charge is -2.37. The molecule has 3 N–H and O–H groups in total. The number of carboxylic acids is 1. The first-order valence-corrected chi connectivity index (χ1v) is 10.1. The minimum atomic E-state index is -4.75. The van der Waals surface area contributed by atoms with E-state index in [-0.39, 0.29) is 18.9 Å². The van der Waals surface area contributed by atoms with E-state index in [9.17, 15) is 37.4 Å². The van der Waals surface area contributed by atoms with Crippen LogP contribution in [0.3, 0.4) is 0 Å². The predicted molar refractivity (Wildman–Crippen MR) is 107 cm³/mol. The zero-order chi connectivity index (χ0) is 22.9. The summed E-state index contributed by atoms with van der Waals surface area (Å²) in [5, 5.41) is 22.3. The third kappa shape index (κ3) is 5.24. The molecule has 4 atom stereocenters. The standard InChI is InChI=1S/C21H18BrF4NO4/c22-12-4-1-10(2-5-12)14-8-13(28)9-15(18(14)20(30)31)19(29)27-17-6-3-11(7-16(17)23)21(24,25)26/h1-7,13-15,18,28H,8-9H2,(H,27,29)(H,30,31)/t13-,14-,15-,18+/m0/s1.